The van der Waals surface area contributed by atoms with Gasteiger partial charge in [0.2, 0.25) is 0 Å². The summed E-state index contributed by atoms with van der Waals surface area (Å²) in [6, 6.07) is 0. The molecule has 0 saturated carbocycles. The molecule has 0 aromatic rings. The molecule has 2 heteroatoms. The lowest BCUT2D eigenvalue weighted by atomic mass is 10.5. The molecular formula is C4H7NS. The minimum atomic E-state index is -0.103. The van der Waals surface area contributed by atoms with Crippen LogP contribution in [-0.2, 0) is 10.7 Å². The molecule has 34 valence electrons. The SMILES string of the molecule is N=S1C=CCC1. The summed E-state index contributed by atoms with van der Waals surface area (Å²) in [4.78, 5) is 0. The smallest absolute Gasteiger partial charge is 0.0113 e. The first-order valence-electron chi connectivity index (χ1n) is 1.97. The molecule has 1 rings (SSSR count). The minimum Gasteiger partial charge on any atom is -0.276 e. The predicted molar refractivity (Wildman–Crippen MR) is 28.7 cm³/mol. The largest absolute Gasteiger partial charge is 0.276 e. The fraction of sp³-hybridized carbons (Fsp3) is 0.500. The third-order valence-corrected chi connectivity index (χ3v) is 1.96. The molecule has 1 N–H and O–H groups in total. The second-order valence-corrected chi connectivity index (χ2v) is 2.83. The Morgan fingerprint density at radius 1 is 1.67 bits per heavy atom. The molecule has 0 bridgehead atoms. The summed E-state index contributed by atoms with van der Waals surface area (Å²) in [5, 5.41) is 1.97. The Labute approximate surface area is 40.0 Å². The Hall–Kier alpha value is -0.110. The van der Waals surface area contributed by atoms with Gasteiger partial charge in [0.15, 0.2) is 0 Å². The predicted octanol–water partition coefficient (Wildman–Crippen LogP) is 1.28. The number of nitrogens with one attached hydrogen (secondary N) is 1. The van der Waals surface area contributed by atoms with Gasteiger partial charge < -0.3 is 0 Å². The monoisotopic (exact) mass is 101 g/mol. The maximum absolute atomic E-state index is 7.07. The quantitative estimate of drug-likeness (QED) is 0.475. The summed E-state index contributed by atoms with van der Waals surface area (Å²) >= 11 is 0. The van der Waals surface area contributed by atoms with Gasteiger partial charge in [0, 0.05) is 5.75 Å². The number of allylic oxidation sites excluding steroid dienone is 1. The van der Waals surface area contributed by atoms with E-state index in [1.165, 1.54) is 0 Å². The summed E-state index contributed by atoms with van der Waals surface area (Å²) < 4.78 is 7.07. The summed E-state index contributed by atoms with van der Waals surface area (Å²) in [6.45, 7) is 0. The second kappa shape index (κ2) is 1.56. The van der Waals surface area contributed by atoms with Crippen molar-refractivity contribution < 1.29 is 0 Å². The Balaban J connectivity index is 2.59. The average molecular weight is 101 g/mol. The maximum atomic E-state index is 7.07. The summed E-state index contributed by atoms with van der Waals surface area (Å²) in [6.07, 6.45) is 3.21. The van der Waals surface area contributed by atoms with E-state index in [2.05, 4.69) is 6.08 Å². The molecule has 1 atom stereocenters. The van der Waals surface area contributed by atoms with Gasteiger partial charge >= 0.3 is 0 Å². The minimum absolute atomic E-state index is 0.103. The third-order valence-electron chi connectivity index (χ3n) is 0.765. The van der Waals surface area contributed by atoms with Crippen LogP contribution in [0.5, 0.6) is 0 Å². The average Bonchev–Trinajstić information content (AvgIpc) is 1.86. The molecule has 0 saturated heterocycles. The van der Waals surface area contributed by atoms with Crippen molar-refractivity contribution in [1.82, 2.24) is 0 Å². The first kappa shape index (κ1) is 4.06. The standard InChI is InChI=1S/C4H7NS/c5-6-3-1-2-4-6/h1,3,5H,2,4H2. The zero-order valence-electron chi connectivity index (χ0n) is 3.48. The summed E-state index contributed by atoms with van der Waals surface area (Å²) in [7, 11) is -0.103. The summed E-state index contributed by atoms with van der Waals surface area (Å²) in [5.74, 6) is 1.07. The van der Waals surface area contributed by atoms with Crippen LogP contribution in [0.1, 0.15) is 6.42 Å². The number of hydrogen-bond donors (Lipinski definition) is 1. The normalized spacial score (nSPS) is 31.7. The van der Waals surface area contributed by atoms with Crippen molar-refractivity contribution >= 4 is 10.7 Å². The molecule has 1 unspecified atom stereocenters. The molecule has 1 nitrogen and oxygen atoms in total. The Kier molecular flexibility index (Phi) is 1.05. The van der Waals surface area contributed by atoms with Crippen LogP contribution in [0.25, 0.3) is 0 Å². The van der Waals surface area contributed by atoms with Gasteiger partial charge in [-0.05, 0) is 11.8 Å². The number of rotatable bonds is 0. The van der Waals surface area contributed by atoms with E-state index in [0.29, 0.717) is 0 Å². The Bertz CT molecular complexity index is 95.7. The van der Waals surface area contributed by atoms with Crippen LogP contribution >= 0.6 is 0 Å². The number of hydrogen-bond acceptors (Lipinski definition) is 1. The molecule has 0 amide bonds. The van der Waals surface area contributed by atoms with E-state index in [1.54, 1.807) is 0 Å². The van der Waals surface area contributed by atoms with E-state index in [4.69, 9.17) is 4.78 Å². The van der Waals surface area contributed by atoms with E-state index in [-0.39, 0.29) is 10.7 Å². The second-order valence-electron chi connectivity index (χ2n) is 1.29. The van der Waals surface area contributed by atoms with Gasteiger partial charge in [0.25, 0.3) is 0 Å². The highest BCUT2D eigenvalue weighted by molar-refractivity contribution is 7.89. The molecule has 0 spiro atoms. The van der Waals surface area contributed by atoms with Crippen LogP contribution < -0.4 is 0 Å². The first-order chi connectivity index (χ1) is 2.89. The van der Waals surface area contributed by atoms with Crippen LogP contribution in [0.3, 0.4) is 0 Å². The fourth-order valence-electron chi connectivity index (χ4n) is 0.447. The summed E-state index contributed by atoms with van der Waals surface area (Å²) in [5.41, 5.74) is 0. The van der Waals surface area contributed by atoms with Gasteiger partial charge in [-0.3, -0.25) is 4.78 Å². The van der Waals surface area contributed by atoms with Crippen molar-refractivity contribution in [2.45, 2.75) is 6.42 Å². The van der Waals surface area contributed by atoms with Gasteiger partial charge in [0.05, 0.1) is 0 Å². The first-order valence-corrected chi connectivity index (χ1v) is 3.43. The maximum Gasteiger partial charge on any atom is 0.0113 e. The van der Waals surface area contributed by atoms with E-state index < -0.39 is 0 Å². The topological polar surface area (TPSA) is 23.9 Å². The van der Waals surface area contributed by atoms with Crippen LogP contribution in [0.15, 0.2) is 11.5 Å². The van der Waals surface area contributed by atoms with Crippen molar-refractivity contribution in [2.75, 3.05) is 5.75 Å². The van der Waals surface area contributed by atoms with Crippen molar-refractivity contribution in [3.05, 3.63) is 11.5 Å². The molecule has 0 aliphatic carbocycles. The zero-order chi connectivity index (χ0) is 4.41. The lowest BCUT2D eigenvalue weighted by Gasteiger charge is -1.79. The highest BCUT2D eigenvalue weighted by atomic mass is 32.2. The van der Waals surface area contributed by atoms with Crippen molar-refractivity contribution in [3.63, 3.8) is 0 Å². The zero-order valence-corrected chi connectivity index (χ0v) is 4.29. The van der Waals surface area contributed by atoms with Crippen LogP contribution in [-0.4, -0.2) is 5.75 Å². The molecular weight excluding hydrogens is 94.1 g/mol. The van der Waals surface area contributed by atoms with Crippen molar-refractivity contribution in [2.24, 2.45) is 0 Å². The van der Waals surface area contributed by atoms with Crippen LogP contribution in [0, 0.1) is 4.78 Å². The molecule has 1 heterocycles. The van der Waals surface area contributed by atoms with Crippen molar-refractivity contribution in [3.8, 4) is 0 Å². The van der Waals surface area contributed by atoms with Crippen LogP contribution in [0.4, 0.5) is 0 Å². The third kappa shape index (κ3) is 0.684. The molecule has 6 heavy (non-hydrogen) atoms. The van der Waals surface area contributed by atoms with E-state index in [9.17, 15) is 0 Å². The molecule has 0 aromatic heterocycles. The lowest BCUT2D eigenvalue weighted by Crippen LogP contribution is -1.77. The van der Waals surface area contributed by atoms with Gasteiger partial charge in [-0.2, -0.15) is 0 Å². The van der Waals surface area contributed by atoms with Gasteiger partial charge in [-0.1, -0.05) is 16.8 Å². The van der Waals surface area contributed by atoms with E-state index >= 15 is 0 Å². The molecule has 0 aromatic carbocycles. The highest BCUT2D eigenvalue weighted by Crippen LogP contribution is 2.00. The Morgan fingerprint density at radius 2 is 2.50 bits per heavy atom. The van der Waals surface area contributed by atoms with E-state index in [1.807, 2.05) is 5.41 Å². The Morgan fingerprint density at radius 3 is 2.67 bits per heavy atom. The van der Waals surface area contributed by atoms with Gasteiger partial charge in [0.1, 0.15) is 0 Å². The molecule has 1 aliphatic rings. The van der Waals surface area contributed by atoms with Gasteiger partial charge in [-0.15, -0.1) is 0 Å². The molecule has 0 radical (unpaired) electrons. The lowest BCUT2D eigenvalue weighted by molar-refractivity contribution is 1.27. The van der Waals surface area contributed by atoms with Crippen molar-refractivity contribution in [1.29, 1.82) is 4.78 Å². The highest BCUT2D eigenvalue weighted by Gasteiger charge is 1.92. The van der Waals surface area contributed by atoms with Crippen LogP contribution in [0.2, 0.25) is 0 Å². The fourth-order valence-corrected chi connectivity index (χ4v) is 1.34. The molecule has 1 aliphatic heterocycles. The van der Waals surface area contributed by atoms with E-state index in [0.717, 1.165) is 12.2 Å². The molecule has 0 fully saturated rings. The van der Waals surface area contributed by atoms with Gasteiger partial charge in [-0.25, -0.2) is 0 Å².